The monoisotopic (exact) mass is 372 g/mol. The predicted molar refractivity (Wildman–Crippen MR) is 113 cm³/mol. The molecule has 0 fully saturated rings. The normalized spacial score (nSPS) is 13.8. The molecule has 0 aromatic rings. The summed E-state index contributed by atoms with van der Waals surface area (Å²) in [4.78, 5) is 0. The molecular weight excluding hydrogens is 324 g/mol. The fraction of sp³-hybridized carbons (Fsp3) is 1.00. The fourth-order valence-electron chi connectivity index (χ4n) is 3.34. The molecule has 2 atom stereocenters. The van der Waals surface area contributed by atoms with Crippen LogP contribution in [0.15, 0.2) is 0 Å². The third-order valence-corrected chi connectivity index (χ3v) is 5.22. The van der Waals surface area contributed by atoms with E-state index in [1.165, 1.54) is 96.3 Å². The highest BCUT2D eigenvalue weighted by molar-refractivity contribution is 4.57. The molecule has 3 heteroatoms. The summed E-state index contributed by atoms with van der Waals surface area (Å²) >= 11 is 0. The number of hydrogen-bond donors (Lipinski definition) is 2. The van der Waals surface area contributed by atoms with Crippen LogP contribution in [0.5, 0.6) is 0 Å². The van der Waals surface area contributed by atoms with E-state index in [1.54, 1.807) is 0 Å². The summed E-state index contributed by atoms with van der Waals surface area (Å²) in [7, 11) is 0. The van der Waals surface area contributed by atoms with Gasteiger partial charge in [-0.15, -0.1) is 0 Å². The molecule has 26 heavy (non-hydrogen) atoms. The van der Waals surface area contributed by atoms with E-state index in [0.29, 0.717) is 6.61 Å². The van der Waals surface area contributed by atoms with Crippen LogP contribution in [0.4, 0.5) is 0 Å². The van der Waals surface area contributed by atoms with Crippen molar-refractivity contribution in [3.05, 3.63) is 0 Å². The Balaban J connectivity index is 3.11. The topological polar surface area (TPSA) is 49.7 Å². The summed E-state index contributed by atoms with van der Waals surface area (Å²) in [6.07, 6.45) is 22.2. The molecule has 3 nitrogen and oxygen atoms in total. The van der Waals surface area contributed by atoms with Crippen LogP contribution in [0.3, 0.4) is 0 Å². The van der Waals surface area contributed by atoms with Gasteiger partial charge >= 0.3 is 0 Å². The Bertz CT molecular complexity index is 258. The van der Waals surface area contributed by atoms with Gasteiger partial charge in [-0.05, 0) is 13.3 Å². The van der Waals surface area contributed by atoms with Gasteiger partial charge in [0.05, 0.1) is 25.4 Å². The van der Waals surface area contributed by atoms with Crippen LogP contribution in [0.1, 0.15) is 123 Å². The van der Waals surface area contributed by atoms with Gasteiger partial charge in [-0.3, -0.25) is 0 Å². The van der Waals surface area contributed by atoms with Crippen molar-refractivity contribution in [2.75, 3.05) is 13.2 Å². The lowest BCUT2D eigenvalue weighted by Gasteiger charge is -2.14. The van der Waals surface area contributed by atoms with Gasteiger partial charge in [0.2, 0.25) is 0 Å². The molecule has 0 saturated heterocycles. The second-order valence-corrected chi connectivity index (χ2v) is 8.07. The molecule has 0 aromatic carbocycles. The summed E-state index contributed by atoms with van der Waals surface area (Å²) in [5.41, 5.74) is 0. The van der Waals surface area contributed by atoms with Crippen LogP contribution in [0.25, 0.3) is 0 Å². The minimum absolute atomic E-state index is 0.0196. The van der Waals surface area contributed by atoms with E-state index in [-0.39, 0.29) is 18.8 Å². The fourth-order valence-corrected chi connectivity index (χ4v) is 3.34. The Morgan fingerprint density at radius 2 is 1.04 bits per heavy atom. The number of rotatable bonds is 21. The molecule has 0 bridgehead atoms. The summed E-state index contributed by atoms with van der Waals surface area (Å²) in [5, 5.41) is 18.7. The maximum atomic E-state index is 9.80. The largest absolute Gasteiger partial charge is 0.394 e. The van der Waals surface area contributed by atoms with Gasteiger partial charge in [0.25, 0.3) is 0 Å². The number of aliphatic hydroxyl groups is 2. The number of aliphatic hydroxyl groups excluding tert-OH is 2. The molecule has 0 heterocycles. The average Bonchev–Trinajstić information content (AvgIpc) is 2.65. The van der Waals surface area contributed by atoms with E-state index < -0.39 is 0 Å². The minimum Gasteiger partial charge on any atom is -0.394 e. The van der Waals surface area contributed by atoms with E-state index in [0.717, 1.165) is 12.8 Å². The van der Waals surface area contributed by atoms with E-state index in [1.807, 2.05) is 6.92 Å². The van der Waals surface area contributed by atoms with Crippen LogP contribution in [0, 0.1) is 0 Å². The first-order valence-corrected chi connectivity index (χ1v) is 11.6. The van der Waals surface area contributed by atoms with Crippen molar-refractivity contribution in [2.24, 2.45) is 0 Å². The van der Waals surface area contributed by atoms with Crippen molar-refractivity contribution in [3.8, 4) is 0 Å². The molecule has 158 valence electrons. The van der Waals surface area contributed by atoms with Crippen molar-refractivity contribution in [1.29, 1.82) is 0 Å². The van der Waals surface area contributed by atoms with Gasteiger partial charge in [0.1, 0.15) is 0 Å². The van der Waals surface area contributed by atoms with Crippen LogP contribution in [-0.4, -0.2) is 35.6 Å². The van der Waals surface area contributed by atoms with Crippen LogP contribution in [0.2, 0.25) is 0 Å². The molecule has 0 aliphatic carbocycles. The Kier molecular flexibility index (Phi) is 21.1. The Hall–Kier alpha value is -0.120. The van der Waals surface area contributed by atoms with E-state index in [2.05, 4.69) is 6.92 Å². The maximum Gasteiger partial charge on any atom is 0.0779 e. The molecule has 0 radical (unpaired) electrons. The third kappa shape index (κ3) is 20.2. The minimum atomic E-state index is -0.379. The molecule has 2 N–H and O–H groups in total. The molecule has 0 spiro atoms. The molecule has 0 aromatic heterocycles. The highest BCUT2D eigenvalue weighted by Gasteiger charge is 2.07. The third-order valence-electron chi connectivity index (χ3n) is 5.22. The van der Waals surface area contributed by atoms with Crippen LogP contribution >= 0.6 is 0 Å². The summed E-state index contributed by atoms with van der Waals surface area (Å²) in [6.45, 7) is 4.47. The molecule has 2 unspecified atom stereocenters. The van der Waals surface area contributed by atoms with E-state index in [4.69, 9.17) is 9.84 Å². The zero-order valence-corrected chi connectivity index (χ0v) is 17.9. The van der Waals surface area contributed by atoms with Gasteiger partial charge in [-0.2, -0.15) is 0 Å². The average molecular weight is 373 g/mol. The van der Waals surface area contributed by atoms with Crippen molar-refractivity contribution < 1.29 is 14.9 Å². The van der Waals surface area contributed by atoms with Crippen LogP contribution in [-0.2, 0) is 4.74 Å². The zero-order valence-electron chi connectivity index (χ0n) is 17.9. The molecular formula is C23H48O3. The van der Waals surface area contributed by atoms with E-state index >= 15 is 0 Å². The Labute approximate surface area is 163 Å². The SMILES string of the molecule is CCCCCCCCCCCCCCCCCCC(O)COC(C)CO. The van der Waals surface area contributed by atoms with Gasteiger partial charge in [-0.25, -0.2) is 0 Å². The first-order chi connectivity index (χ1) is 12.7. The zero-order chi connectivity index (χ0) is 19.3. The highest BCUT2D eigenvalue weighted by Crippen LogP contribution is 2.14. The first-order valence-electron chi connectivity index (χ1n) is 11.6. The number of hydrogen-bond acceptors (Lipinski definition) is 3. The van der Waals surface area contributed by atoms with Crippen molar-refractivity contribution in [3.63, 3.8) is 0 Å². The molecule has 0 saturated carbocycles. The van der Waals surface area contributed by atoms with E-state index in [9.17, 15) is 5.11 Å². The van der Waals surface area contributed by atoms with Gasteiger partial charge in [0, 0.05) is 0 Å². The smallest absolute Gasteiger partial charge is 0.0779 e. The molecule has 0 aliphatic rings. The van der Waals surface area contributed by atoms with Crippen molar-refractivity contribution in [1.82, 2.24) is 0 Å². The van der Waals surface area contributed by atoms with Crippen molar-refractivity contribution >= 4 is 0 Å². The van der Waals surface area contributed by atoms with Crippen LogP contribution < -0.4 is 0 Å². The summed E-state index contributed by atoms with van der Waals surface area (Å²) in [5.74, 6) is 0. The molecule has 0 rings (SSSR count). The quantitative estimate of drug-likeness (QED) is 0.229. The maximum absolute atomic E-state index is 9.80. The molecule has 0 aliphatic heterocycles. The van der Waals surface area contributed by atoms with Gasteiger partial charge in [0.15, 0.2) is 0 Å². The Morgan fingerprint density at radius 1 is 0.654 bits per heavy atom. The number of unbranched alkanes of at least 4 members (excludes halogenated alkanes) is 15. The lowest BCUT2D eigenvalue weighted by molar-refractivity contribution is -0.0259. The van der Waals surface area contributed by atoms with Crippen molar-refractivity contribution in [2.45, 2.75) is 135 Å². The lowest BCUT2D eigenvalue weighted by Crippen LogP contribution is -2.21. The standard InChI is InChI=1S/C23H48O3/c1-3-4-5-6-7-8-9-10-11-12-13-14-15-16-17-18-19-23(25)21-26-22(2)20-24/h22-25H,3-21H2,1-2H3. The molecule has 0 amide bonds. The second-order valence-electron chi connectivity index (χ2n) is 8.07. The summed E-state index contributed by atoms with van der Waals surface area (Å²) < 4.78 is 5.33. The second kappa shape index (κ2) is 21.2. The van der Waals surface area contributed by atoms with Gasteiger partial charge < -0.3 is 14.9 Å². The lowest BCUT2D eigenvalue weighted by atomic mass is 10.0. The summed E-state index contributed by atoms with van der Waals surface area (Å²) in [6, 6.07) is 0. The first kappa shape index (κ1) is 25.9. The number of ether oxygens (including phenoxy) is 1. The predicted octanol–water partition coefficient (Wildman–Crippen LogP) is 6.40. The highest BCUT2D eigenvalue weighted by atomic mass is 16.5. The Morgan fingerprint density at radius 3 is 1.42 bits per heavy atom. The van der Waals surface area contributed by atoms with Gasteiger partial charge in [-0.1, -0.05) is 110 Å².